The first-order valence-corrected chi connectivity index (χ1v) is 9.73. The third-order valence-electron chi connectivity index (χ3n) is 5.35. The predicted molar refractivity (Wildman–Crippen MR) is 110 cm³/mol. The third kappa shape index (κ3) is 4.77. The number of halogens is 1. The molecule has 2 rings (SSSR count). The van der Waals surface area contributed by atoms with Crippen LogP contribution in [0, 0.1) is 5.41 Å². The van der Waals surface area contributed by atoms with Gasteiger partial charge in [-0.1, -0.05) is 45.1 Å². The van der Waals surface area contributed by atoms with Crippen molar-refractivity contribution < 1.29 is 13.9 Å². The molecule has 0 aromatic heterocycles. The van der Waals surface area contributed by atoms with Crippen LogP contribution < -0.4 is 0 Å². The molecule has 27 heavy (non-hydrogen) atoms. The Bertz CT molecular complexity index is 779. The molecule has 1 aromatic carbocycles. The number of carbonyl (C=O) groups excluding carboxylic acids is 1. The second kappa shape index (κ2) is 8.69. The lowest BCUT2D eigenvalue weighted by Gasteiger charge is -2.36. The molecule has 0 fully saturated rings. The topological polar surface area (TPSA) is 26.3 Å². The molecule has 0 radical (unpaired) electrons. The average molecular weight is 371 g/mol. The normalized spacial score (nSPS) is 17.4. The zero-order chi connectivity index (χ0) is 20.2. The van der Waals surface area contributed by atoms with Crippen LogP contribution in [0.5, 0.6) is 0 Å². The second-order valence-corrected chi connectivity index (χ2v) is 8.02. The van der Waals surface area contributed by atoms with Crippen molar-refractivity contribution in [3.05, 3.63) is 64.3 Å². The second-order valence-electron chi connectivity index (χ2n) is 8.02. The first-order chi connectivity index (χ1) is 12.7. The van der Waals surface area contributed by atoms with Crippen molar-refractivity contribution >= 4 is 11.8 Å². The van der Waals surface area contributed by atoms with Gasteiger partial charge in [0.15, 0.2) is 0 Å². The summed E-state index contributed by atoms with van der Waals surface area (Å²) in [7, 11) is 0. The van der Waals surface area contributed by atoms with Crippen LogP contribution in [-0.2, 0) is 4.74 Å². The summed E-state index contributed by atoms with van der Waals surface area (Å²) >= 11 is 0. The first kappa shape index (κ1) is 21.1. The van der Waals surface area contributed by atoms with Gasteiger partial charge < -0.3 is 4.74 Å². The van der Waals surface area contributed by atoms with E-state index in [1.807, 2.05) is 6.92 Å². The van der Waals surface area contributed by atoms with Crippen molar-refractivity contribution in [3.8, 4) is 0 Å². The van der Waals surface area contributed by atoms with Crippen molar-refractivity contribution in [1.82, 2.24) is 0 Å². The van der Waals surface area contributed by atoms with E-state index in [0.717, 1.165) is 31.3 Å². The summed E-state index contributed by atoms with van der Waals surface area (Å²) in [6, 6.07) is 6.47. The lowest BCUT2D eigenvalue weighted by atomic mass is 9.69. The van der Waals surface area contributed by atoms with Gasteiger partial charge >= 0.3 is 5.97 Å². The van der Waals surface area contributed by atoms with E-state index in [1.165, 1.54) is 11.1 Å². The predicted octanol–water partition coefficient (Wildman–Crippen LogP) is 7.04. The van der Waals surface area contributed by atoms with Crippen LogP contribution in [0.2, 0.25) is 0 Å². The van der Waals surface area contributed by atoms with Gasteiger partial charge in [-0.15, -0.1) is 0 Å². The minimum absolute atomic E-state index is 0.00779. The van der Waals surface area contributed by atoms with Gasteiger partial charge in [-0.25, -0.2) is 9.18 Å². The monoisotopic (exact) mass is 370 g/mol. The summed E-state index contributed by atoms with van der Waals surface area (Å²) in [6.45, 7) is 14.9. The largest absolute Gasteiger partial charge is 0.462 e. The number of ether oxygens (including phenoxy) is 1. The van der Waals surface area contributed by atoms with E-state index in [9.17, 15) is 4.79 Å². The molecule has 1 aromatic rings. The Morgan fingerprint density at radius 3 is 2.37 bits per heavy atom. The van der Waals surface area contributed by atoms with Crippen LogP contribution in [0.4, 0.5) is 4.39 Å². The fraction of sp³-hybridized carbons (Fsp3) is 0.458. The molecule has 3 heteroatoms. The Hall–Kier alpha value is -2.16. The Kier molecular flexibility index (Phi) is 6.80. The van der Waals surface area contributed by atoms with Crippen molar-refractivity contribution in [2.45, 2.75) is 60.3 Å². The molecule has 146 valence electrons. The molecule has 0 atom stereocenters. The van der Waals surface area contributed by atoms with Crippen molar-refractivity contribution in [1.29, 1.82) is 0 Å². The fourth-order valence-corrected chi connectivity index (χ4v) is 3.86. The molecule has 0 amide bonds. The average Bonchev–Trinajstić information content (AvgIpc) is 2.64. The number of allylic oxidation sites excluding steroid dienone is 4. The number of benzene rings is 1. The van der Waals surface area contributed by atoms with Gasteiger partial charge in [0.05, 0.1) is 12.2 Å². The molecular weight excluding hydrogens is 339 g/mol. The van der Waals surface area contributed by atoms with Gasteiger partial charge in [0.2, 0.25) is 0 Å². The molecule has 0 heterocycles. The molecule has 0 bridgehead atoms. The van der Waals surface area contributed by atoms with Gasteiger partial charge in [-0.2, -0.15) is 0 Å². The van der Waals surface area contributed by atoms with Gasteiger partial charge in [0.25, 0.3) is 0 Å². The quantitative estimate of drug-likeness (QED) is 0.396. The fourth-order valence-electron chi connectivity index (χ4n) is 3.86. The minimum atomic E-state index is -0.376. The zero-order valence-corrected chi connectivity index (χ0v) is 17.2. The Balaban J connectivity index is 2.29. The highest BCUT2D eigenvalue weighted by Gasteiger charge is 2.31. The van der Waals surface area contributed by atoms with Crippen LogP contribution in [-0.4, -0.2) is 12.6 Å². The number of rotatable bonds is 6. The van der Waals surface area contributed by atoms with E-state index in [4.69, 9.17) is 4.74 Å². The van der Waals surface area contributed by atoms with E-state index in [1.54, 1.807) is 31.2 Å². The SMILES string of the molecule is C=C(C(C)=C(F)c1ccc(C(=O)OCCC)cc1)C1=C(C)CCCC1(C)C. The summed E-state index contributed by atoms with van der Waals surface area (Å²) in [4.78, 5) is 11.9. The van der Waals surface area contributed by atoms with E-state index in [2.05, 4.69) is 27.4 Å². The first-order valence-electron chi connectivity index (χ1n) is 9.73. The van der Waals surface area contributed by atoms with Crippen molar-refractivity contribution in [3.63, 3.8) is 0 Å². The van der Waals surface area contributed by atoms with Gasteiger partial charge in [-0.05, 0) is 73.8 Å². The molecule has 2 nitrogen and oxygen atoms in total. The van der Waals surface area contributed by atoms with E-state index in [-0.39, 0.29) is 17.2 Å². The molecular formula is C24H31FO2. The van der Waals surface area contributed by atoms with Gasteiger partial charge in [0.1, 0.15) is 5.83 Å². The van der Waals surface area contributed by atoms with Crippen LogP contribution in [0.15, 0.2) is 53.1 Å². The molecule has 0 aliphatic heterocycles. The van der Waals surface area contributed by atoms with E-state index in [0.29, 0.717) is 23.3 Å². The molecule has 0 saturated heterocycles. The van der Waals surface area contributed by atoms with Gasteiger partial charge in [0, 0.05) is 5.56 Å². The molecule has 0 unspecified atom stereocenters. The number of carbonyl (C=O) groups is 1. The lowest BCUT2D eigenvalue weighted by molar-refractivity contribution is 0.0505. The molecule has 1 aliphatic carbocycles. The zero-order valence-electron chi connectivity index (χ0n) is 17.2. The summed E-state index contributed by atoms with van der Waals surface area (Å²) < 4.78 is 20.2. The lowest BCUT2D eigenvalue weighted by Crippen LogP contribution is -2.22. The maximum absolute atomic E-state index is 15.1. The summed E-state index contributed by atoms with van der Waals surface area (Å²) in [5.41, 5.74) is 4.71. The van der Waals surface area contributed by atoms with E-state index < -0.39 is 0 Å². The van der Waals surface area contributed by atoms with E-state index >= 15 is 4.39 Å². The Morgan fingerprint density at radius 2 is 1.81 bits per heavy atom. The highest BCUT2D eigenvalue weighted by molar-refractivity contribution is 5.89. The Morgan fingerprint density at radius 1 is 1.22 bits per heavy atom. The van der Waals surface area contributed by atoms with Crippen LogP contribution >= 0.6 is 0 Å². The number of hydrogen-bond donors (Lipinski definition) is 0. The maximum Gasteiger partial charge on any atom is 0.338 e. The highest BCUT2D eigenvalue weighted by atomic mass is 19.1. The summed E-state index contributed by atoms with van der Waals surface area (Å²) in [5, 5.41) is 0. The van der Waals surface area contributed by atoms with Crippen molar-refractivity contribution in [2.24, 2.45) is 5.41 Å². The molecule has 0 saturated carbocycles. The summed E-state index contributed by atoms with van der Waals surface area (Å²) in [6.07, 6.45) is 4.06. The third-order valence-corrected chi connectivity index (χ3v) is 5.35. The van der Waals surface area contributed by atoms with Crippen molar-refractivity contribution in [2.75, 3.05) is 6.61 Å². The van der Waals surface area contributed by atoms with Crippen LogP contribution in [0.3, 0.4) is 0 Å². The molecule has 0 N–H and O–H groups in total. The minimum Gasteiger partial charge on any atom is -0.462 e. The smallest absolute Gasteiger partial charge is 0.338 e. The maximum atomic E-state index is 15.1. The summed E-state index contributed by atoms with van der Waals surface area (Å²) in [5.74, 6) is -0.672. The number of esters is 1. The standard InChI is InChI=1S/C24H31FO2/c1-7-15-27-23(26)20-12-10-19(11-13-20)22(25)18(4)17(3)21-16(2)9-8-14-24(21,5)6/h10-13H,3,7-9,14-15H2,1-2,4-6H3. The Labute approximate surface area is 162 Å². The van der Waals surface area contributed by atoms with Crippen LogP contribution in [0.25, 0.3) is 5.83 Å². The number of hydrogen-bond acceptors (Lipinski definition) is 2. The molecule has 1 aliphatic rings. The van der Waals surface area contributed by atoms with Crippen LogP contribution in [0.1, 0.15) is 76.2 Å². The molecule has 0 spiro atoms. The van der Waals surface area contributed by atoms with Gasteiger partial charge in [-0.3, -0.25) is 0 Å². The highest BCUT2D eigenvalue weighted by Crippen LogP contribution is 2.45.